The molecule has 4 aromatic heterocycles. The highest BCUT2D eigenvalue weighted by molar-refractivity contribution is 7.26. The molecule has 66 heavy (non-hydrogen) atoms. The van der Waals surface area contributed by atoms with Gasteiger partial charge >= 0.3 is 0 Å². The molecular weight excluding hydrogens is 837 g/mol. The van der Waals surface area contributed by atoms with Crippen molar-refractivity contribution in [2.24, 2.45) is 0 Å². The summed E-state index contributed by atoms with van der Waals surface area (Å²) in [6.07, 6.45) is 0. The quantitative estimate of drug-likeness (QED) is 0.164. The van der Waals surface area contributed by atoms with Crippen LogP contribution in [0.4, 0.5) is 0 Å². The normalized spacial score (nSPS) is 12.5. The molecule has 4 heteroatoms. The van der Waals surface area contributed by atoms with Gasteiger partial charge in [-0.05, 0) is 139 Å². The van der Waals surface area contributed by atoms with Gasteiger partial charge in [0.05, 0.1) is 22.1 Å². The molecule has 0 atom stereocenters. The van der Waals surface area contributed by atoms with E-state index in [9.17, 15) is 0 Å². The summed E-state index contributed by atoms with van der Waals surface area (Å²) in [6, 6.07) is 77.7. The van der Waals surface area contributed by atoms with Gasteiger partial charge in [0.1, 0.15) is 0 Å². The Morgan fingerprint density at radius 2 is 0.545 bits per heavy atom. The molecule has 0 saturated heterocycles. The first-order valence-corrected chi connectivity index (χ1v) is 24.3. The summed E-state index contributed by atoms with van der Waals surface area (Å²) < 4.78 is 10.3. The van der Waals surface area contributed by atoms with Gasteiger partial charge < -0.3 is 9.13 Å². The maximum atomic E-state index is 2.49. The minimum absolute atomic E-state index is 1.19. The predicted molar refractivity (Wildman–Crippen MR) is 288 cm³/mol. The van der Waals surface area contributed by atoms with Crippen molar-refractivity contribution in [1.29, 1.82) is 0 Å². The number of nitrogens with zero attached hydrogens (tertiary/aromatic N) is 2. The Labute approximate surface area is 385 Å². The second-order valence-corrected chi connectivity index (χ2v) is 20.2. The number of rotatable bonds is 2. The fraction of sp³-hybridized carbons (Fsp3) is 0. The van der Waals surface area contributed by atoms with Gasteiger partial charge in [0.2, 0.25) is 0 Å². The molecule has 0 fully saturated rings. The molecule has 304 valence electrons. The summed E-state index contributed by atoms with van der Waals surface area (Å²) >= 11 is 3.80. The van der Waals surface area contributed by atoms with Crippen LogP contribution in [0.5, 0.6) is 0 Å². The van der Waals surface area contributed by atoms with E-state index in [1.807, 2.05) is 22.7 Å². The third-order valence-corrected chi connectivity index (χ3v) is 16.9. The highest BCUT2D eigenvalue weighted by Gasteiger charge is 2.21. The van der Waals surface area contributed by atoms with Crippen molar-refractivity contribution in [2.75, 3.05) is 0 Å². The first kappa shape index (κ1) is 35.3. The van der Waals surface area contributed by atoms with Crippen LogP contribution >= 0.6 is 22.7 Å². The van der Waals surface area contributed by atoms with Crippen molar-refractivity contribution in [1.82, 2.24) is 9.13 Å². The molecule has 0 saturated carbocycles. The van der Waals surface area contributed by atoms with E-state index in [2.05, 4.69) is 215 Å². The minimum Gasteiger partial charge on any atom is -0.309 e. The minimum atomic E-state index is 1.19. The van der Waals surface area contributed by atoms with Crippen LogP contribution in [0.3, 0.4) is 0 Å². The van der Waals surface area contributed by atoms with Crippen LogP contribution in [0.2, 0.25) is 0 Å². The summed E-state index contributed by atoms with van der Waals surface area (Å²) in [7, 11) is 0. The van der Waals surface area contributed by atoms with E-state index < -0.39 is 0 Å². The summed E-state index contributed by atoms with van der Waals surface area (Å²) in [6.45, 7) is 0. The fourth-order valence-electron chi connectivity index (χ4n) is 11.7. The number of hydrogen-bond acceptors (Lipinski definition) is 2. The van der Waals surface area contributed by atoms with E-state index in [1.165, 1.54) is 149 Å². The third-order valence-electron chi connectivity index (χ3n) is 14.6. The number of aromatic nitrogens is 2. The summed E-state index contributed by atoms with van der Waals surface area (Å²) in [4.78, 5) is 0. The van der Waals surface area contributed by atoms with Gasteiger partial charge in [-0.3, -0.25) is 0 Å². The number of thiophene rings is 2. The molecule has 16 rings (SSSR count). The van der Waals surface area contributed by atoms with Crippen molar-refractivity contribution in [3.8, 4) is 11.4 Å². The van der Waals surface area contributed by atoms with Crippen LogP contribution < -0.4 is 0 Å². The molecule has 0 unspecified atom stereocenters. The average molecular weight is 871 g/mol. The molecule has 4 heterocycles. The molecular formula is C62H34N2S2. The second-order valence-electron chi connectivity index (χ2n) is 18.0. The largest absolute Gasteiger partial charge is 0.309 e. The lowest BCUT2D eigenvalue weighted by atomic mass is 10.00. The molecule has 0 N–H and O–H groups in total. The molecule has 0 aliphatic carbocycles. The lowest BCUT2D eigenvalue weighted by molar-refractivity contribution is 1.19. The Hall–Kier alpha value is -8.02. The van der Waals surface area contributed by atoms with Crippen LogP contribution in [0, 0.1) is 0 Å². The van der Waals surface area contributed by atoms with E-state index in [-0.39, 0.29) is 0 Å². The standard InChI is InChI=1S/C62H34N2S2/c1-5-13-43-35(9-1)17-23-51-59(43)60-44-14-6-2-10-36(44)18-24-52(60)63(51)41-21-27-55-49(33-41)47-29-39-30-48-50-34-42(22-28-56(50)66-58(48)32-40(39)31-57(47)65-55)64-53-25-19-37-11-3-7-15-45(37)61(53)62-46-16-8-4-12-38(46)20-26-54(62)64/h1-34H. The van der Waals surface area contributed by atoms with Crippen molar-refractivity contribution in [3.05, 3.63) is 206 Å². The van der Waals surface area contributed by atoms with Crippen LogP contribution in [0.15, 0.2) is 206 Å². The molecule has 0 aliphatic heterocycles. The number of hydrogen-bond donors (Lipinski definition) is 0. The second kappa shape index (κ2) is 12.8. The maximum absolute atomic E-state index is 2.49. The summed E-state index contributed by atoms with van der Waals surface area (Å²) in [5.41, 5.74) is 7.31. The lowest BCUT2D eigenvalue weighted by Crippen LogP contribution is -1.93. The Bertz CT molecular complexity index is 4340. The first-order chi connectivity index (χ1) is 32.7. The van der Waals surface area contributed by atoms with Gasteiger partial charge in [-0.1, -0.05) is 121 Å². The molecule has 12 aromatic carbocycles. The van der Waals surface area contributed by atoms with Crippen molar-refractivity contribution < 1.29 is 0 Å². The fourth-order valence-corrected chi connectivity index (χ4v) is 13.9. The third kappa shape index (κ3) is 4.69. The van der Waals surface area contributed by atoms with E-state index >= 15 is 0 Å². The number of benzene rings is 12. The Balaban J connectivity index is 0.905. The zero-order chi connectivity index (χ0) is 42.8. The van der Waals surface area contributed by atoms with Crippen molar-refractivity contribution in [3.63, 3.8) is 0 Å². The smallest absolute Gasteiger partial charge is 0.0547 e. The molecule has 2 nitrogen and oxygen atoms in total. The molecule has 0 radical (unpaired) electrons. The molecule has 16 aromatic rings. The van der Waals surface area contributed by atoms with Crippen molar-refractivity contribution >= 4 is 160 Å². The van der Waals surface area contributed by atoms with Crippen molar-refractivity contribution in [2.45, 2.75) is 0 Å². The Morgan fingerprint density at radius 3 is 0.909 bits per heavy atom. The molecule has 0 bridgehead atoms. The van der Waals surface area contributed by atoms with E-state index in [0.29, 0.717) is 0 Å². The van der Waals surface area contributed by atoms with Gasteiger partial charge in [-0.2, -0.15) is 0 Å². The Kier molecular flexibility index (Phi) is 6.87. The topological polar surface area (TPSA) is 9.86 Å². The SMILES string of the molecule is c1ccc2c(c1)ccc1c2c2c3ccccc3ccc2n1-c1ccc2sc3cc4cc5sc6ccc(-n7c8ccc9ccccc9c8c8c9ccccc9ccc87)cc6c5cc4cc3c2c1. The maximum Gasteiger partial charge on any atom is 0.0547 e. The lowest BCUT2D eigenvalue weighted by Gasteiger charge is -2.09. The van der Waals surface area contributed by atoms with Crippen LogP contribution in [-0.2, 0) is 0 Å². The first-order valence-electron chi connectivity index (χ1n) is 22.6. The number of fused-ring (bicyclic) bond motifs is 21. The van der Waals surface area contributed by atoms with E-state index in [1.54, 1.807) is 0 Å². The van der Waals surface area contributed by atoms with Gasteiger partial charge in [-0.15, -0.1) is 22.7 Å². The highest BCUT2D eigenvalue weighted by Crippen LogP contribution is 2.46. The molecule has 0 aliphatic rings. The highest BCUT2D eigenvalue weighted by atomic mass is 32.1. The zero-order valence-electron chi connectivity index (χ0n) is 35.3. The zero-order valence-corrected chi connectivity index (χ0v) is 37.0. The summed E-state index contributed by atoms with van der Waals surface area (Å²) in [5.74, 6) is 0. The van der Waals surface area contributed by atoms with Gasteiger partial charge in [-0.25, -0.2) is 0 Å². The van der Waals surface area contributed by atoms with Crippen LogP contribution in [0.1, 0.15) is 0 Å². The van der Waals surface area contributed by atoms with E-state index in [0.717, 1.165) is 0 Å². The average Bonchev–Trinajstić information content (AvgIpc) is 4.12. The van der Waals surface area contributed by atoms with Gasteiger partial charge in [0.15, 0.2) is 0 Å². The van der Waals surface area contributed by atoms with Gasteiger partial charge in [0.25, 0.3) is 0 Å². The molecule has 0 amide bonds. The monoisotopic (exact) mass is 870 g/mol. The molecule has 0 spiro atoms. The van der Waals surface area contributed by atoms with Crippen LogP contribution in [0.25, 0.3) is 149 Å². The van der Waals surface area contributed by atoms with E-state index in [4.69, 9.17) is 0 Å². The van der Waals surface area contributed by atoms with Gasteiger partial charge in [0, 0.05) is 73.3 Å². The van der Waals surface area contributed by atoms with Crippen LogP contribution in [-0.4, -0.2) is 9.13 Å². The Morgan fingerprint density at radius 1 is 0.227 bits per heavy atom. The predicted octanol–water partition coefficient (Wildman–Crippen LogP) is 18.4. The summed E-state index contributed by atoms with van der Waals surface area (Å²) in [5, 5.41) is 23.3.